The lowest BCUT2D eigenvalue weighted by atomic mass is 9.69. The lowest BCUT2D eigenvalue weighted by molar-refractivity contribution is -0.0256. The molecule has 0 bridgehead atoms. The molecule has 0 aromatic carbocycles. The van der Waals surface area contributed by atoms with Gasteiger partial charge in [0, 0.05) is 0 Å². The van der Waals surface area contributed by atoms with E-state index in [2.05, 4.69) is 32.7 Å². The Morgan fingerprint density at radius 1 is 1.35 bits per heavy atom. The van der Waals surface area contributed by atoms with Crippen LogP contribution in [0.1, 0.15) is 33.1 Å². The highest BCUT2D eigenvalue weighted by Crippen LogP contribution is 2.39. The maximum absolute atomic E-state index is 6.08. The molecule has 3 unspecified atom stereocenters. The summed E-state index contributed by atoms with van der Waals surface area (Å²) in [6.45, 7) is 8.60. The summed E-state index contributed by atoms with van der Waals surface area (Å²) in [5, 5.41) is 0. The van der Waals surface area contributed by atoms with Crippen LogP contribution in [-0.2, 0) is 4.74 Å². The molecule has 3 atom stereocenters. The van der Waals surface area contributed by atoms with Gasteiger partial charge in [-0.25, -0.2) is 0 Å². The predicted octanol–water partition coefficient (Wildman–Crippen LogP) is 3.02. The van der Waals surface area contributed by atoms with E-state index in [-0.39, 0.29) is 0 Å². The Morgan fingerprint density at radius 3 is 2.71 bits per heavy atom. The van der Waals surface area contributed by atoms with Gasteiger partial charge in [-0.1, -0.05) is 26.0 Å². The molecule has 3 heteroatoms. The van der Waals surface area contributed by atoms with Gasteiger partial charge in [0.2, 0.25) is 0 Å². The maximum Gasteiger partial charge on any atom is 0.0645 e. The van der Waals surface area contributed by atoms with Crippen molar-refractivity contribution in [1.82, 2.24) is 0 Å². The van der Waals surface area contributed by atoms with Crippen LogP contribution in [0, 0.1) is 11.3 Å². The molecule has 0 radical (unpaired) electrons. The van der Waals surface area contributed by atoms with E-state index in [0.29, 0.717) is 17.4 Å². The van der Waals surface area contributed by atoms with Gasteiger partial charge in [-0.2, -0.15) is 0 Å². The van der Waals surface area contributed by atoms with Gasteiger partial charge in [-0.15, -0.1) is 8.58 Å². The summed E-state index contributed by atoms with van der Waals surface area (Å²) >= 11 is 0. The van der Waals surface area contributed by atoms with Gasteiger partial charge < -0.3 is 10.5 Å². The summed E-state index contributed by atoms with van der Waals surface area (Å²) < 4.78 is 6.08. The summed E-state index contributed by atoms with van der Waals surface area (Å²) in [6.07, 6.45) is 9.49. The van der Waals surface area contributed by atoms with Crippen molar-refractivity contribution in [3.05, 3.63) is 12.2 Å². The molecular formula is C14H28NOP. The van der Waals surface area contributed by atoms with Crippen molar-refractivity contribution in [1.29, 1.82) is 0 Å². The predicted molar refractivity (Wildman–Crippen MR) is 78.2 cm³/mol. The lowest BCUT2D eigenvalue weighted by Crippen LogP contribution is -2.38. The van der Waals surface area contributed by atoms with E-state index in [1.807, 2.05) is 0 Å². The SMILES string of the molecule is CPCCOC1CC=CCC1C(C)(C)CCN. The van der Waals surface area contributed by atoms with E-state index in [1.165, 1.54) is 6.16 Å². The minimum atomic E-state index is 0.290. The van der Waals surface area contributed by atoms with E-state index in [1.54, 1.807) is 0 Å². The quantitative estimate of drug-likeness (QED) is 0.432. The zero-order valence-electron chi connectivity index (χ0n) is 11.5. The molecule has 0 spiro atoms. The Labute approximate surface area is 108 Å². The standard InChI is InChI=1S/C14H28NOP/c1-14(2,8-9-15)12-6-4-5-7-13(12)16-10-11-17-3/h4-5,12-13,17H,6-11,15H2,1-3H3. The highest BCUT2D eigenvalue weighted by molar-refractivity contribution is 7.37. The van der Waals surface area contributed by atoms with Gasteiger partial charge in [0.15, 0.2) is 0 Å². The third-order valence-corrected chi connectivity index (χ3v) is 4.55. The first kappa shape index (κ1) is 15.1. The molecule has 0 amide bonds. The Hall–Kier alpha value is 0.0900. The lowest BCUT2D eigenvalue weighted by Gasteiger charge is -2.40. The van der Waals surface area contributed by atoms with Crippen LogP contribution in [0.15, 0.2) is 12.2 Å². The molecular weight excluding hydrogens is 229 g/mol. The van der Waals surface area contributed by atoms with Crippen molar-refractivity contribution in [3.8, 4) is 0 Å². The molecule has 2 N–H and O–H groups in total. The second-order valence-corrected chi connectivity index (χ2v) is 6.80. The monoisotopic (exact) mass is 257 g/mol. The summed E-state index contributed by atoms with van der Waals surface area (Å²) in [6, 6.07) is 0. The summed E-state index contributed by atoms with van der Waals surface area (Å²) in [5.74, 6) is 0.622. The zero-order chi connectivity index (χ0) is 12.7. The van der Waals surface area contributed by atoms with Crippen LogP contribution in [0.3, 0.4) is 0 Å². The normalized spacial score (nSPS) is 25.9. The number of hydrogen-bond acceptors (Lipinski definition) is 2. The number of nitrogens with two attached hydrogens (primary N) is 1. The van der Waals surface area contributed by atoms with Crippen molar-refractivity contribution < 1.29 is 4.74 Å². The van der Waals surface area contributed by atoms with Crippen LogP contribution in [-0.4, -0.2) is 32.1 Å². The maximum atomic E-state index is 6.08. The van der Waals surface area contributed by atoms with Crippen LogP contribution in [0.2, 0.25) is 0 Å². The van der Waals surface area contributed by atoms with Crippen molar-refractivity contribution in [2.24, 2.45) is 17.1 Å². The van der Waals surface area contributed by atoms with Crippen LogP contribution in [0.5, 0.6) is 0 Å². The molecule has 1 aliphatic carbocycles. The van der Waals surface area contributed by atoms with Crippen molar-refractivity contribution in [3.63, 3.8) is 0 Å². The molecule has 0 aliphatic heterocycles. The van der Waals surface area contributed by atoms with Crippen LogP contribution in [0.4, 0.5) is 0 Å². The van der Waals surface area contributed by atoms with Gasteiger partial charge in [-0.05, 0) is 50.0 Å². The fourth-order valence-corrected chi connectivity index (χ4v) is 2.99. The fraction of sp³-hybridized carbons (Fsp3) is 0.857. The van der Waals surface area contributed by atoms with Crippen LogP contribution in [0.25, 0.3) is 0 Å². The van der Waals surface area contributed by atoms with Gasteiger partial charge in [0.1, 0.15) is 0 Å². The molecule has 0 aromatic rings. The van der Waals surface area contributed by atoms with Gasteiger partial charge in [0.05, 0.1) is 12.7 Å². The van der Waals surface area contributed by atoms with E-state index in [9.17, 15) is 0 Å². The first-order chi connectivity index (χ1) is 8.11. The second-order valence-electron chi connectivity index (χ2n) is 5.59. The second kappa shape index (κ2) is 7.51. The van der Waals surface area contributed by atoms with Gasteiger partial charge in [0.25, 0.3) is 0 Å². The largest absolute Gasteiger partial charge is 0.377 e. The Morgan fingerprint density at radius 2 is 2.06 bits per heavy atom. The molecule has 0 saturated heterocycles. The summed E-state index contributed by atoms with van der Waals surface area (Å²) in [4.78, 5) is 0. The Kier molecular flexibility index (Phi) is 6.69. The average molecular weight is 257 g/mol. The molecule has 100 valence electrons. The van der Waals surface area contributed by atoms with Crippen molar-refractivity contribution >= 4 is 8.58 Å². The summed E-state index contributed by atoms with van der Waals surface area (Å²) in [5.41, 5.74) is 6.02. The molecule has 0 fully saturated rings. The molecule has 0 heterocycles. The molecule has 1 rings (SSSR count). The number of rotatable bonds is 7. The third kappa shape index (κ3) is 4.69. The molecule has 0 saturated carbocycles. The van der Waals surface area contributed by atoms with E-state index in [4.69, 9.17) is 10.5 Å². The number of ether oxygens (including phenoxy) is 1. The van der Waals surface area contributed by atoms with Crippen LogP contribution >= 0.6 is 8.58 Å². The molecule has 1 aliphatic rings. The van der Waals surface area contributed by atoms with Crippen molar-refractivity contribution in [2.75, 3.05) is 26.0 Å². The molecule has 0 aromatic heterocycles. The molecule has 17 heavy (non-hydrogen) atoms. The highest BCUT2D eigenvalue weighted by atomic mass is 31.1. The van der Waals surface area contributed by atoms with E-state index in [0.717, 1.165) is 41.0 Å². The average Bonchev–Trinajstić information content (AvgIpc) is 2.30. The first-order valence-corrected chi connectivity index (χ1v) is 8.44. The third-order valence-electron chi connectivity index (χ3n) is 3.85. The smallest absolute Gasteiger partial charge is 0.0645 e. The van der Waals surface area contributed by atoms with E-state index >= 15 is 0 Å². The number of allylic oxidation sites excluding steroid dienone is 1. The zero-order valence-corrected chi connectivity index (χ0v) is 12.5. The Bertz CT molecular complexity index is 240. The first-order valence-electron chi connectivity index (χ1n) is 6.73. The Balaban J connectivity index is 2.56. The minimum Gasteiger partial charge on any atom is -0.377 e. The van der Waals surface area contributed by atoms with Crippen molar-refractivity contribution in [2.45, 2.75) is 39.2 Å². The van der Waals surface area contributed by atoms with Gasteiger partial charge in [-0.3, -0.25) is 0 Å². The van der Waals surface area contributed by atoms with Gasteiger partial charge >= 0.3 is 0 Å². The summed E-state index contributed by atoms with van der Waals surface area (Å²) in [7, 11) is 0.995. The fourth-order valence-electron chi connectivity index (χ4n) is 2.67. The van der Waals surface area contributed by atoms with Crippen LogP contribution < -0.4 is 5.73 Å². The van der Waals surface area contributed by atoms with E-state index < -0.39 is 0 Å². The molecule has 2 nitrogen and oxygen atoms in total. The topological polar surface area (TPSA) is 35.2 Å². The minimum absolute atomic E-state index is 0.290. The highest BCUT2D eigenvalue weighted by Gasteiger charge is 2.35. The number of hydrogen-bond donors (Lipinski definition) is 1.